The monoisotopic (exact) mass is 281 g/mol. The molecule has 0 spiro atoms. The summed E-state index contributed by atoms with van der Waals surface area (Å²) in [4.78, 5) is 11.9. The molecule has 0 saturated heterocycles. The van der Waals surface area contributed by atoms with E-state index in [1.807, 2.05) is 62.4 Å². The largest absolute Gasteiger partial charge is 0.494 e. The van der Waals surface area contributed by atoms with Crippen LogP contribution in [-0.4, -0.2) is 12.4 Å². The lowest BCUT2D eigenvalue weighted by atomic mass is 10.1. The molecule has 2 aromatic rings. The first-order valence-electron chi connectivity index (χ1n) is 6.96. The molecule has 0 aliphatic rings. The van der Waals surface area contributed by atoms with Gasteiger partial charge < -0.3 is 10.1 Å². The molecule has 0 heterocycles. The van der Waals surface area contributed by atoms with E-state index in [4.69, 9.17) is 4.74 Å². The van der Waals surface area contributed by atoms with Crippen molar-refractivity contribution in [2.24, 2.45) is 0 Å². The van der Waals surface area contributed by atoms with Crippen LogP contribution in [0.4, 0.5) is 5.69 Å². The first-order valence-corrected chi connectivity index (χ1v) is 6.96. The lowest BCUT2D eigenvalue weighted by Crippen LogP contribution is -1.96. The second kappa shape index (κ2) is 7.29. The molecule has 0 unspecified atom stereocenters. The van der Waals surface area contributed by atoms with Crippen molar-refractivity contribution in [1.29, 1.82) is 0 Å². The van der Waals surface area contributed by atoms with Gasteiger partial charge in [-0.25, -0.2) is 0 Å². The first kappa shape index (κ1) is 14.9. The van der Waals surface area contributed by atoms with Crippen LogP contribution in [0.25, 0.3) is 0 Å². The lowest BCUT2D eigenvalue weighted by Gasteiger charge is -2.04. The van der Waals surface area contributed by atoms with Crippen LogP contribution in [-0.2, 0) is 0 Å². The lowest BCUT2D eigenvalue weighted by molar-refractivity contribution is 0.104. The Morgan fingerprint density at radius 1 is 1.10 bits per heavy atom. The van der Waals surface area contributed by atoms with Gasteiger partial charge in [0, 0.05) is 23.5 Å². The van der Waals surface area contributed by atoms with Crippen molar-refractivity contribution < 1.29 is 9.53 Å². The number of carbonyl (C=O) groups excluding carboxylic acids is 1. The number of ketones is 1. The number of carbonyl (C=O) groups is 1. The minimum absolute atomic E-state index is 0.0200. The predicted molar refractivity (Wildman–Crippen MR) is 85.9 cm³/mol. The molecule has 0 aliphatic carbocycles. The zero-order chi connectivity index (χ0) is 15.1. The first-order chi connectivity index (χ1) is 10.2. The van der Waals surface area contributed by atoms with Gasteiger partial charge in [0.25, 0.3) is 0 Å². The van der Waals surface area contributed by atoms with Crippen molar-refractivity contribution >= 4 is 11.5 Å². The van der Waals surface area contributed by atoms with Gasteiger partial charge in [-0.1, -0.05) is 29.8 Å². The third kappa shape index (κ3) is 4.49. The Balaban J connectivity index is 1.92. The molecule has 0 fully saturated rings. The van der Waals surface area contributed by atoms with Gasteiger partial charge in [-0.15, -0.1) is 0 Å². The van der Waals surface area contributed by atoms with Gasteiger partial charge in [-0.2, -0.15) is 0 Å². The van der Waals surface area contributed by atoms with Crippen LogP contribution in [0.5, 0.6) is 5.75 Å². The molecule has 0 atom stereocenters. The second-order valence-corrected chi connectivity index (χ2v) is 4.67. The maximum absolute atomic E-state index is 11.9. The number of allylic oxidation sites excluding steroid dienone is 1. The Hall–Kier alpha value is -2.55. The summed E-state index contributed by atoms with van der Waals surface area (Å²) in [7, 11) is 0. The van der Waals surface area contributed by atoms with Crippen molar-refractivity contribution in [3.63, 3.8) is 0 Å². The fourth-order valence-corrected chi connectivity index (χ4v) is 1.84. The van der Waals surface area contributed by atoms with Gasteiger partial charge in [0.1, 0.15) is 5.75 Å². The molecule has 0 aliphatic heterocycles. The summed E-state index contributed by atoms with van der Waals surface area (Å²) in [5, 5.41) is 3.07. The number of hydrogen-bond acceptors (Lipinski definition) is 3. The van der Waals surface area contributed by atoms with Crippen molar-refractivity contribution in [2.75, 3.05) is 11.9 Å². The van der Waals surface area contributed by atoms with Crippen LogP contribution in [0.2, 0.25) is 0 Å². The van der Waals surface area contributed by atoms with Crippen LogP contribution in [0.3, 0.4) is 0 Å². The standard InChI is InChI=1S/C18H19NO2/c1-3-21-17-10-8-16(9-11-17)19-13-12-18(20)15-6-4-14(2)5-7-15/h4-13,19H,3H2,1-2H3/b13-12-. The molecule has 3 nitrogen and oxygen atoms in total. The van der Waals surface area contributed by atoms with E-state index in [0.717, 1.165) is 17.0 Å². The predicted octanol–water partition coefficient (Wildman–Crippen LogP) is 4.20. The number of ether oxygens (including phenoxy) is 1. The fourth-order valence-electron chi connectivity index (χ4n) is 1.84. The van der Waals surface area contributed by atoms with E-state index in [0.29, 0.717) is 12.2 Å². The quantitative estimate of drug-likeness (QED) is 0.637. The zero-order valence-electron chi connectivity index (χ0n) is 12.3. The van der Waals surface area contributed by atoms with Crippen LogP contribution in [0.1, 0.15) is 22.8 Å². The van der Waals surface area contributed by atoms with E-state index >= 15 is 0 Å². The van der Waals surface area contributed by atoms with E-state index in [2.05, 4.69) is 5.32 Å². The van der Waals surface area contributed by atoms with E-state index in [1.54, 1.807) is 6.20 Å². The number of anilines is 1. The highest BCUT2D eigenvalue weighted by molar-refractivity contribution is 6.04. The van der Waals surface area contributed by atoms with Crippen LogP contribution < -0.4 is 10.1 Å². The van der Waals surface area contributed by atoms with Gasteiger partial charge >= 0.3 is 0 Å². The molecule has 0 aromatic heterocycles. The number of rotatable bonds is 6. The summed E-state index contributed by atoms with van der Waals surface area (Å²) in [6, 6.07) is 15.1. The highest BCUT2D eigenvalue weighted by atomic mass is 16.5. The average Bonchev–Trinajstić information content (AvgIpc) is 2.50. The summed E-state index contributed by atoms with van der Waals surface area (Å²) < 4.78 is 5.37. The minimum Gasteiger partial charge on any atom is -0.494 e. The summed E-state index contributed by atoms with van der Waals surface area (Å²) in [5.74, 6) is 0.816. The van der Waals surface area contributed by atoms with Crippen LogP contribution in [0, 0.1) is 6.92 Å². The maximum Gasteiger partial charge on any atom is 0.187 e. The highest BCUT2D eigenvalue weighted by Crippen LogP contribution is 2.15. The SMILES string of the molecule is CCOc1ccc(N/C=C\C(=O)c2ccc(C)cc2)cc1. The smallest absolute Gasteiger partial charge is 0.187 e. The van der Waals surface area contributed by atoms with Gasteiger partial charge in [-0.05, 0) is 38.1 Å². The number of aryl methyl sites for hydroxylation is 1. The van der Waals surface area contributed by atoms with Crippen molar-refractivity contribution in [1.82, 2.24) is 0 Å². The average molecular weight is 281 g/mol. The molecule has 0 radical (unpaired) electrons. The molecule has 21 heavy (non-hydrogen) atoms. The summed E-state index contributed by atoms with van der Waals surface area (Å²) in [6.07, 6.45) is 3.18. The topological polar surface area (TPSA) is 38.3 Å². The van der Waals surface area contributed by atoms with E-state index in [1.165, 1.54) is 6.08 Å². The summed E-state index contributed by atoms with van der Waals surface area (Å²) >= 11 is 0. The zero-order valence-corrected chi connectivity index (χ0v) is 12.3. The Morgan fingerprint density at radius 2 is 1.76 bits per heavy atom. The molecule has 108 valence electrons. The summed E-state index contributed by atoms with van der Waals surface area (Å²) in [6.45, 7) is 4.60. The van der Waals surface area contributed by atoms with Gasteiger partial charge in [-0.3, -0.25) is 4.79 Å². The maximum atomic E-state index is 11.9. The minimum atomic E-state index is -0.0200. The van der Waals surface area contributed by atoms with Crippen LogP contribution in [0.15, 0.2) is 60.8 Å². The van der Waals surface area contributed by atoms with Crippen molar-refractivity contribution in [2.45, 2.75) is 13.8 Å². The van der Waals surface area contributed by atoms with Crippen molar-refractivity contribution in [3.8, 4) is 5.75 Å². The van der Waals surface area contributed by atoms with E-state index in [9.17, 15) is 4.79 Å². The second-order valence-electron chi connectivity index (χ2n) is 4.67. The van der Waals surface area contributed by atoms with Gasteiger partial charge in [0.15, 0.2) is 5.78 Å². The number of hydrogen-bond donors (Lipinski definition) is 1. The molecular formula is C18H19NO2. The Morgan fingerprint density at radius 3 is 2.38 bits per heavy atom. The number of benzene rings is 2. The van der Waals surface area contributed by atoms with Crippen LogP contribution >= 0.6 is 0 Å². The molecule has 2 rings (SSSR count). The summed E-state index contributed by atoms with van der Waals surface area (Å²) in [5.41, 5.74) is 2.74. The normalized spacial score (nSPS) is 10.6. The molecule has 1 N–H and O–H groups in total. The molecular weight excluding hydrogens is 262 g/mol. The van der Waals surface area contributed by atoms with E-state index < -0.39 is 0 Å². The Kier molecular flexibility index (Phi) is 5.16. The fraction of sp³-hybridized carbons (Fsp3) is 0.167. The molecule has 0 amide bonds. The molecule has 2 aromatic carbocycles. The molecule has 3 heteroatoms. The van der Waals surface area contributed by atoms with Gasteiger partial charge in [0.05, 0.1) is 6.61 Å². The molecule has 0 bridgehead atoms. The number of nitrogens with one attached hydrogen (secondary N) is 1. The third-order valence-electron chi connectivity index (χ3n) is 2.99. The Labute approximate surface area is 125 Å². The van der Waals surface area contributed by atoms with E-state index in [-0.39, 0.29) is 5.78 Å². The van der Waals surface area contributed by atoms with Crippen molar-refractivity contribution in [3.05, 3.63) is 71.9 Å². The third-order valence-corrected chi connectivity index (χ3v) is 2.99. The molecule has 0 saturated carbocycles. The Bertz CT molecular complexity index is 613. The van der Waals surface area contributed by atoms with Gasteiger partial charge in [0.2, 0.25) is 0 Å². The highest BCUT2D eigenvalue weighted by Gasteiger charge is 2.00.